The topological polar surface area (TPSA) is 3.88 Å². The molecular weight excluding hydrogens is 338 g/mol. The van der Waals surface area contributed by atoms with Gasteiger partial charge in [0.1, 0.15) is 6.54 Å². The van der Waals surface area contributed by atoms with Crippen LogP contribution in [0, 0.1) is 0 Å². The number of nitrogens with zero attached hydrogens (tertiary/aromatic N) is 1. The highest BCUT2D eigenvalue weighted by Crippen LogP contribution is 2.14. The molecule has 28 heavy (non-hydrogen) atoms. The van der Waals surface area contributed by atoms with Crippen LogP contribution >= 0.6 is 0 Å². The number of pyridine rings is 1. The minimum absolute atomic E-state index is 1.09. The van der Waals surface area contributed by atoms with Crippen molar-refractivity contribution < 1.29 is 4.57 Å². The van der Waals surface area contributed by atoms with Gasteiger partial charge in [0, 0.05) is 11.1 Å². The van der Waals surface area contributed by atoms with E-state index < -0.39 is 0 Å². The summed E-state index contributed by atoms with van der Waals surface area (Å²) in [6.45, 7) is 7.95. The van der Waals surface area contributed by atoms with Crippen LogP contribution in [0.2, 0.25) is 0 Å². The molecule has 1 rings (SSSR count). The molecule has 162 valence electrons. The van der Waals surface area contributed by atoms with Crippen LogP contribution in [0.4, 0.5) is 0 Å². The van der Waals surface area contributed by atoms with E-state index in [0.717, 1.165) is 6.54 Å². The number of unbranched alkanes of at least 4 members (excludes halogenated alkanes) is 14. The first-order chi connectivity index (χ1) is 13.8. The lowest BCUT2D eigenvalue weighted by Crippen LogP contribution is -2.32. The van der Waals surface area contributed by atoms with Crippen molar-refractivity contribution in [3.8, 4) is 0 Å². The fraction of sp³-hybridized carbons (Fsp3) is 0.815. The van der Waals surface area contributed by atoms with Gasteiger partial charge in [-0.25, -0.2) is 4.57 Å². The fourth-order valence-electron chi connectivity index (χ4n) is 4.16. The van der Waals surface area contributed by atoms with Crippen molar-refractivity contribution in [1.82, 2.24) is 0 Å². The van der Waals surface area contributed by atoms with E-state index in [4.69, 9.17) is 0 Å². The molecule has 0 aliphatic rings. The highest BCUT2D eigenvalue weighted by atomic mass is 14.9. The van der Waals surface area contributed by atoms with Crippen LogP contribution in [0.3, 0.4) is 0 Å². The first kappa shape index (κ1) is 25.2. The Morgan fingerprint density at radius 1 is 0.500 bits per heavy atom. The van der Waals surface area contributed by atoms with Gasteiger partial charge in [0.2, 0.25) is 0 Å². The van der Waals surface area contributed by atoms with Crippen molar-refractivity contribution in [1.29, 1.82) is 0 Å². The van der Waals surface area contributed by atoms with Crippen LogP contribution in [0.15, 0.2) is 18.5 Å². The van der Waals surface area contributed by atoms with Gasteiger partial charge < -0.3 is 0 Å². The molecule has 0 amide bonds. The van der Waals surface area contributed by atoms with Gasteiger partial charge in [-0.1, -0.05) is 104 Å². The number of hydrogen-bond donors (Lipinski definition) is 0. The molecule has 0 radical (unpaired) electrons. The number of hydrogen-bond acceptors (Lipinski definition) is 0. The summed E-state index contributed by atoms with van der Waals surface area (Å²) in [7, 11) is 0. The van der Waals surface area contributed by atoms with Crippen LogP contribution < -0.4 is 4.57 Å². The Morgan fingerprint density at radius 3 is 1.21 bits per heavy atom. The molecule has 0 fully saturated rings. The van der Waals surface area contributed by atoms with E-state index in [9.17, 15) is 0 Å². The minimum atomic E-state index is 1.09. The van der Waals surface area contributed by atoms with Crippen molar-refractivity contribution in [2.45, 2.75) is 143 Å². The summed E-state index contributed by atoms with van der Waals surface area (Å²) in [4.78, 5) is 0. The number of aromatic nitrogens is 1. The molecule has 0 bridgehead atoms. The number of rotatable bonds is 19. The van der Waals surface area contributed by atoms with Gasteiger partial charge in [-0.05, 0) is 38.7 Å². The van der Waals surface area contributed by atoms with Crippen LogP contribution in [0.25, 0.3) is 0 Å². The molecule has 0 spiro atoms. The highest BCUT2D eigenvalue weighted by molar-refractivity contribution is 5.15. The van der Waals surface area contributed by atoms with Gasteiger partial charge in [0.15, 0.2) is 12.4 Å². The third-order valence-electron chi connectivity index (χ3n) is 6.04. The van der Waals surface area contributed by atoms with Crippen LogP contribution in [-0.4, -0.2) is 0 Å². The maximum absolute atomic E-state index is 2.49. The smallest absolute Gasteiger partial charge is 0.171 e. The highest BCUT2D eigenvalue weighted by Gasteiger charge is 2.06. The van der Waals surface area contributed by atoms with Crippen molar-refractivity contribution in [2.24, 2.45) is 0 Å². The molecule has 0 aliphatic carbocycles. The molecule has 0 N–H and O–H groups in total. The molecule has 1 heteroatoms. The first-order valence-electron chi connectivity index (χ1n) is 12.8. The molecule has 0 unspecified atom stereocenters. The van der Waals surface area contributed by atoms with Gasteiger partial charge >= 0.3 is 0 Å². The molecule has 1 aromatic rings. The van der Waals surface area contributed by atoms with Crippen LogP contribution in [0.5, 0.6) is 0 Å². The average molecular weight is 389 g/mol. The van der Waals surface area contributed by atoms with Crippen LogP contribution in [0.1, 0.15) is 135 Å². The maximum Gasteiger partial charge on any atom is 0.171 e. The SMILES string of the molecule is CCCCCCCCCCc1cc(CCCCCCCCCC)c[n+](CC)c1. The summed E-state index contributed by atoms with van der Waals surface area (Å²) in [6.07, 6.45) is 29.9. The monoisotopic (exact) mass is 388 g/mol. The van der Waals surface area contributed by atoms with E-state index in [-0.39, 0.29) is 0 Å². The predicted molar refractivity (Wildman–Crippen MR) is 125 cm³/mol. The largest absolute Gasteiger partial charge is 0.205 e. The Bertz CT molecular complexity index is 427. The van der Waals surface area contributed by atoms with Crippen molar-refractivity contribution >= 4 is 0 Å². The van der Waals surface area contributed by atoms with Gasteiger partial charge in [-0.2, -0.15) is 0 Å². The third-order valence-corrected chi connectivity index (χ3v) is 6.04. The average Bonchev–Trinajstić information content (AvgIpc) is 2.71. The van der Waals surface area contributed by atoms with E-state index in [1.807, 2.05) is 0 Å². The van der Waals surface area contributed by atoms with E-state index >= 15 is 0 Å². The Labute approximate surface area is 177 Å². The molecular formula is C27H50N+. The summed E-state index contributed by atoms with van der Waals surface area (Å²) < 4.78 is 2.40. The quantitative estimate of drug-likeness (QED) is 0.165. The summed E-state index contributed by atoms with van der Waals surface area (Å²) >= 11 is 0. The number of aryl methyl sites for hydroxylation is 3. The first-order valence-corrected chi connectivity index (χ1v) is 12.8. The molecule has 0 atom stereocenters. The molecule has 0 aromatic carbocycles. The van der Waals surface area contributed by atoms with Gasteiger partial charge in [-0.3, -0.25) is 0 Å². The zero-order chi connectivity index (χ0) is 20.3. The Kier molecular flexibility index (Phi) is 16.4. The third kappa shape index (κ3) is 13.3. The van der Waals surface area contributed by atoms with Gasteiger partial charge in [0.05, 0.1) is 0 Å². The lowest BCUT2D eigenvalue weighted by atomic mass is 10.0. The molecule has 0 aliphatic heterocycles. The Morgan fingerprint density at radius 2 is 0.857 bits per heavy atom. The minimum Gasteiger partial charge on any atom is -0.205 e. The second-order valence-corrected chi connectivity index (χ2v) is 8.83. The van der Waals surface area contributed by atoms with E-state index in [1.54, 1.807) is 11.1 Å². The summed E-state index contributed by atoms with van der Waals surface area (Å²) in [5.41, 5.74) is 3.12. The molecule has 0 saturated heterocycles. The second kappa shape index (κ2) is 18.2. The van der Waals surface area contributed by atoms with E-state index in [1.165, 1.54) is 116 Å². The maximum atomic E-state index is 2.49. The zero-order valence-corrected chi connectivity index (χ0v) is 19.6. The van der Waals surface area contributed by atoms with E-state index in [0.29, 0.717) is 0 Å². The molecule has 1 heterocycles. The standard InChI is InChI=1S/C27H50N/c1-4-7-9-11-13-15-17-19-21-26-23-27(25-28(6-3)24-26)22-20-18-16-14-12-10-8-5-2/h23-25H,4-22H2,1-3H3/q+1. The van der Waals surface area contributed by atoms with Gasteiger partial charge in [-0.15, -0.1) is 0 Å². The molecule has 0 saturated carbocycles. The molecule has 1 nitrogen and oxygen atoms in total. The van der Waals surface area contributed by atoms with Crippen LogP contribution in [-0.2, 0) is 19.4 Å². The lowest BCUT2D eigenvalue weighted by molar-refractivity contribution is -0.694. The zero-order valence-electron chi connectivity index (χ0n) is 19.6. The Balaban J connectivity index is 2.22. The van der Waals surface area contributed by atoms with Crippen molar-refractivity contribution in [3.05, 3.63) is 29.6 Å². The lowest BCUT2D eigenvalue weighted by Gasteiger charge is -2.06. The fourth-order valence-corrected chi connectivity index (χ4v) is 4.16. The van der Waals surface area contributed by atoms with Gasteiger partial charge in [0.25, 0.3) is 0 Å². The Hall–Kier alpha value is -0.850. The summed E-state index contributed by atoms with van der Waals surface area (Å²) in [6, 6.07) is 2.49. The van der Waals surface area contributed by atoms with Crippen molar-refractivity contribution in [3.63, 3.8) is 0 Å². The summed E-state index contributed by atoms with van der Waals surface area (Å²) in [5, 5.41) is 0. The van der Waals surface area contributed by atoms with E-state index in [2.05, 4.69) is 43.8 Å². The summed E-state index contributed by atoms with van der Waals surface area (Å²) in [5.74, 6) is 0. The van der Waals surface area contributed by atoms with Crippen molar-refractivity contribution in [2.75, 3.05) is 0 Å². The second-order valence-electron chi connectivity index (χ2n) is 8.83. The predicted octanol–water partition coefficient (Wildman–Crippen LogP) is 8.36. The normalized spacial score (nSPS) is 11.2. The molecule has 1 aromatic heterocycles.